The number of aromatic nitrogens is 12. The Balaban J connectivity index is 0.000000166. The van der Waals surface area contributed by atoms with E-state index in [1.54, 1.807) is 18.6 Å². The standard InChI is InChI=1S/C30H21N9.C21H12Br3N3.C5H6.CH3F/c1-7-22(19-25(10-1)37-16-4-13-31-37)28-34-29(23-8-2-11-26(20-23)38-17-5-14-32-38)36-30(35-28)24-9-3-12-27(21-24)39-18-6-15-33-39;22-16-7-1-4-13(10-16)19-25-20(14-5-2-8-17(23)11-14)27-21(26-19)15-6-3-9-18(24)12-15;1-2-4-5-3-1;1-2/h1-21H;1-12H;1-4H,5H2;1H3/i;;;1D. The van der Waals surface area contributed by atoms with Crippen LogP contribution >= 0.6 is 47.8 Å². The van der Waals surface area contributed by atoms with Gasteiger partial charge in [0.05, 0.1) is 25.6 Å². The lowest BCUT2D eigenvalue weighted by Gasteiger charge is -2.11. The molecule has 0 atom stereocenters. The summed E-state index contributed by atoms with van der Waals surface area (Å²) in [5, 5.41) is 13.1. The fourth-order valence-electron chi connectivity index (χ4n) is 7.43. The van der Waals surface area contributed by atoms with E-state index in [0.717, 1.165) is 70.3 Å². The number of alkyl halides is 1. The van der Waals surface area contributed by atoms with E-state index in [9.17, 15) is 4.39 Å². The van der Waals surface area contributed by atoms with Crippen molar-refractivity contribution in [2.24, 2.45) is 0 Å². The first-order valence-corrected chi connectivity index (χ1v) is 25.0. The van der Waals surface area contributed by atoms with Crippen LogP contribution in [-0.4, -0.2) is 66.4 Å². The SMILES string of the molecule is Brc1cccc(-c2nc(-c3cccc(Br)c3)nc(-c3cccc(Br)c3)n2)c1.C1=CCC=C1.[2H]CF.c1cc(-c2nc(-c3cccc(-n4cccn4)c3)nc(-c3cccc(-n4cccn4)c3)n2)cc(-n2cccn2)c1. The lowest BCUT2D eigenvalue weighted by atomic mass is 10.1. The number of nitrogens with zero attached hydrogens (tertiary/aromatic N) is 12. The van der Waals surface area contributed by atoms with Crippen LogP contribution in [0.15, 0.2) is 239 Å². The van der Waals surface area contributed by atoms with Crippen molar-refractivity contribution in [1.82, 2.24) is 59.2 Å². The van der Waals surface area contributed by atoms with Crippen molar-refractivity contribution in [2.45, 2.75) is 6.42 Å². The van der Waals surface area contributed by atoms with Gasteiger partial charge in [-0.15, -0.1) is 0 Å². The molecule has 1 aliphatic carbocycles. The van der Waals surface area contributed by atoms with Crippen LogP contribution in [0.3, 0.4) is 0 Å². The first kappa shape index (κ1) is 48.4. The fourth-order valence-corrected chi connectivity index (χ4v) is 8.63. The van der Waals surface area contributed by atoms with Crippen LogP contribution in [0.25, 0.3) is 85.4 Å². The minimum absolute atomic E-state index is 0.568. The molecule has 5 heterocycles. The Hall–Kier alpha value is -8.18. The van der Waals surface area contributed by atoms with Crippen molar-refractivity contribution in [3.63, 3.8) is 0 Å². The van der Waals surface area contributed by atoms with Gasteiger partial charge in [-0.3, -0.25) is 4.39 Å². The summed E-state index contributed by atoms with van der Waals surface area (Å²) in [7, 11) is -1.00. The molecule has 6 aromatic carbocycles. The second-order valence-electron chi connectivity index (χ2n) is 15.7. The summed E-state index contributed by atoms with van der Waals surface area (Å²) in [6.07, 6.45) is 20.5. The number of benzene rings is 6. The summed E-state index contributed by atoms with van der Waals surface area (Å²) in [5.74, 6) is 3.61. The van der Waals surface area contributed by atoms with Crippen molar-refractivity contribution in [3.05, 3.63) is 239 Å². The highest BCUT2D eigenvalue weighted by atomic mass is 79.9. The Bertz CT molecular complexity index is 3270. The van der Waals surface area contributed by atoms with E-state index in [2.05, 4.69) is 87.4 Å². The first-order chi connectivity index (χ1) is 36.3. The molecule has 73 heavy (non-hydrogen) atoms. The smallest absolute Gasteiger partial charge is 0.164 e. The van der Waals surface area contributed by atoms with E-state index >= 15 is 0 Å². The van der Waals surface area contributed by atoms with Gasteiger partial charge >= 0.3 is 0 Å². The topological polar surface area (TPSA) is 131 Å². The van der Waals surface area contributed by atoms with Gasteiger partial charge in [-0.1, -0.05) is 145 Å². The molecule has 12 nitrogen and oxygen atoms in total. The van der Waals surface area contributed by atoms with Gasteiger partial charge < -0.3 is 0 Å². The van der Waals surface area contributed by atoms with E-state index in [1.165, 1.54) is 0 Å². The van der Waals surface area contributed by atoms with E-state index in [1.807, 2.05) is 196 Å². The zero-order valence-electron chi connectivity index (χ0n) is 39.7. The Kier molecular flexibility index (Phi) is 16.1. The molecule has 0 saturated carbocycles. The van der Waals surface area contributed by atoms with Crippen molar-refractivity contribution >= 4 is 47.8 Å². The maximum atomic E-state index is 9.96. The zero-order valence-corrected chi connectivity index (χ0v) is 43.4. The molecule has 16 heteroatoms. The maximum Gasteiger partial charge on any atom is 0.164 e. The summed E-state index contributed by atoms with van der Waals surface area (Å²) in [6, 6.07) is 53.5. The molecule has 0 bridgehead atoms. The number of hydrogen-bond acceptors (Lipinski definition) is 9. The maximum absolute atomic E-state index is 9.96. The quantitative estimate of drug-likeness (QED) is 0.139. The van der Waals surface area contributed by atoms with Gasteiger partial charge in [-0.25, -0.2) is 43.9 Å². The third-order valence-corrected chi connectivity index (χ3v) is 12.3. The minimum Gasteiger partial charge on any atom is -0.255 e. The fraction of sp³-hybridized carbons (Fsp3) is 0.0351. The number of halogens is 4. The van der Waals surface area contributed by atoms with Gasteiger partial charge in [0.15, 0.2) is 34.9 Å². The van der Waals surface area contributed by atoms with Crippen LogP contribution in [0.4, 0.5) is 4.39 Å². The predicted octanol–water partition coefficient (Wildman–Crippen LogP) is 14.7. The number of hydrogen-bond donors (Lipinski definition) is 0. The van der Waals surface area contributed by atoms with Gasteiger partial charge in [-0.05, 0) is 97.4 Å². The highest BCUT2D eigenvalue weighted by Crippen LogP contribution is 2.30. The van der Waals surface area contributed by atoms with Crippen LogP contribution in [0.5, 0.6) is 0 Å². The summed E-state index contributed by atoms with van der Waals surface area (Å²) < 4.78 is 23.9. The molecule has 358 valence electrons. The lowest BCUT2D eigenvalue weighted by Crippen LogP contribution is -2.02. The van der Waals surface area contributed by atoms with Gasteiger partial charge in [0.25, 0.3) is 0 Å². The molecule has 0 N–H and O–H groups in total. The minimum atomic E-state index is -1.00. The lowest BCUT2D eigenvalue weighted by molar-refractivity contribution is 0.636. The van der Waals surface area contributed by atoms with Crippen LogP contribution in [0, 0.1) is 0 Å². The zero-order chi connectivity index (χ0) is 51.1. The van der Waals surface area contributed by atoms with Crippen molar-refractivity contribution in [2.75, 3.05) is 7.15 Å². The normalized spacial score (nSPS) is 11.4. The third-order valence-electron chi connectivity index (χ3n) is 10.8. The predicted molar refractivity (Wildman–Crippen MR) is 297 cm³/mol. The molecule has 12 rings (SSSR count). The van der Waals surface area contributed by atoms with E-state index in [0.29, 0.717) is 34.9 Å². The average Bonchev–Trinajstić information content (AvgIpc) is 4.32. The summed E-state index contributed by atoms with van der Waals surface area (Å²) in [6.45, 7) is 0. The highest BCUT2D eigenvalue weighted by molar-refractivity contribution is 9.11. The molecule has 0 fully saturated rings. The van der Waals surface area contributed by atoms with E-state index in [-0.39, 0.29) is 0 Å². The van der Waals surface area contributed by atoms with E-state index < -0.39 is 7.15 Å². The number of allylic oxidation sites excluding steroid dienone is 4. The summed E-state index contributed by atoms with van der Waals surface area (Å²) in [4.78, 5) is 28.9. The Morgan fingerprint density at radius 1 is 0.384 bits per heavy atom. The highest BCUT2D eigenvalue weighted by Gasteiger charge is 2.16. The third kappa shape index (κ3) is 12.8. The van der Waals surface area contributed by atoms with Crippen molar-refractivity contribution in [1.29, 1.82) is 0 Å². The first-order valence-electron chi connectivity index (χ1n) is 23.3. The molecule has 5 aromatic heterocycles. The largest absolute Gasteiger partial charge is 0.255 e. The Morgan fingerprint density at radius 3 is 0.863 bits per heavy atom. The molecule has 0 amide bonds. The van der Waals surface area contributed by atoms with Gasteiger partial charge in [0.2, 0.25) is 0 Å². The van der Waals surface area contributed by atoms with Crippen molar-refractivity contribution in [3.8, 4) is 85.4 Å². The molecule has 0 unspecified atom stereocenters. The van der Waals surface area contributed by atoms with Gasteiger partial charge in [0, 0.05) is 84.0 Å². The Labute approximate surface area is 447 Å². The van der Waals surface area contributed by atoms with Gasteiger partial charge in [-0.2, -0.15) is 15.3 Å². The molecular formula is C57H42Br3FN12. The average molecular weight is 1150 g/mol. The second-order valence-corrected chi connectivity index (χ2v) is 18.5. The van der Waals surface area contributed by atoms with Crippen LogP contribution < -0.4 is 0 Å². The molecule has 0 spiro atoms. The summed E-state index contributed by atoms with van der Waals surface area (Å²) >= 11 is 10.6. The van der Waals surface area contributed by atoms with Gasteiger partial charge in [0.1, 0.15) is 0 Å². The number of rotatable bonds is 9. The molecule has 0 radical (unpaired) electrons. The van der Waals surface area contributed by atoms with Crippen LogP contribution in [0.1, 0.15) is 7.79 Å². The monoisotopic (exact) mass is 1150 g/mol. The molecule has 1 aliphatic rings. The summed E-state index contributed by atoms with van der Waals surface area (Å²) in [5.41, 5.74) is 8.13. The Morgan fingerprint density at radius 2 is 0.644 bits per heavy atom. The molecule has 0 aliphatic heterocycles. The molecule has 11 aromatic rings. The van der Waals surface area contributed by atoms with Crippen molar-refractivity contribution < 1.29 is 5.76 Å². The molecule has 0 saturated heterocycles. The van der Waals surface area contributed by atoms with E-state index in [4.69, 9.17) is 31.3 Å². The molecular weight excluding hydrogens is 1110 g/mol. The van der Waals surface area contributed by atoms with Crippen LogP contribution in [-0.2, 0) is 0 Å². The second kappa shape index (κ2) is 24.3. The van der Waals surface area contributed by atoms with Crippen LogP contribution in [0.2, 0.25) is 0 Å².